The Bertz CT molecular complexity index is 1080. The molecule has 0 aliphatic carbocycles. The molecule has 1 aromatic carbocycles. The molecule has 0 saturated carbocycles. The van der Waals surface area contributed by atoms with Crippen molar-refractivity contribution in [1.82, 2.24) is 10.3 Å². The van der Waals surface area contributed by atoms with Crippen molar-refractivity contribution in [1.29, 1.82) is 0 Å². The number of pyridine rings is 1. The highest BCUT2D eigenvalue weighted by molar-refractivity contribution is 7.12. The number of aromatic nitrogens is 1. The maximum Gasteiger partial charge on any atom is 0.311 e. The number of nitrogens with two attached hydrogens (primary N) is 1. The van der Waals surface area contributed by atoms with Crippen LogP contribution >= 0.6 is 11.3 Å². The standard InChI is InChI=1S/C24H25N3O3S/c1-15(25)19-6-4-5-17(11-19)12-21(24(29)30-3)16(2)27-23(28)22-13-20(14-31-22)18-7-9-26-10-8-18/h4-11,13-14,16,21H,1,12,25H2,2-3H3,(H,27,28). The summed E-state index contributed by atoms with van der Waals surface area (Å²) in [5, 5.41) is 4.88. The van der Waals surface area contributed by atoms with Gasteiger partial charge in [0.05, 0.1) is 17.9 Å². The molecule has 2 atom stereocenters. The van der Waals surface area contributed by atoms with Crippen molar-refractivity contribution in [2.24, 2.45) is 11.7 Å². The van der Waals surface area contributed by atoms with Gasteiger partial charge >= 0.3 is 5.97 Å². The van der Waals surface area contributed by atoms with Gasteiger partial charge in [0.1, 0.15) is 0 Å². The van der Waals surface area contributed by atoms with Gasteiger partial charge in [0, 0.05) is 24.1 Å². The Morgan fingerprint density at radius 2 is 1.94 bits per heavy atom. The quantitative estimate of drug-likeness (QED) is 0.524. The molecule has 0 aliphatic heterocycles. The van der Waals surface area contributed by atoms with Gasteiger partial charge in [-0.15, -0.1) is 11.3 Å². The molecular weight excluding hydrogens is 410 g/mol. The fraction of sp³-hybridized carbons (Fsp3) is 0.208. The summed E-state index contributed by atoms with van der Waals surface area (Å²) in [6, 6.07) is 12.7. The maximum atomic E-state index is 12.8. The number of nitrogens with one attached hydrogen (secondary N) is 1. The average molecular weight is 436 g/mol. The molecule has 3 rings (SSSR count). The topological polar surface area (TPSA) is 94.3 Å². The van der Waals surface area contributed by atoms with E-state index in [1.807, 2.05) is 54.8 Å². The van der Waals surface area contributed by atoms with E-state index in [1.165, 1.54) is 18.4 Å². The van der Waals surface area contributed by atoms with Crippen LogP contribution in [0, 0.1) is 5.92 Å². The van der Waals surface area contributed by atoms with Gasteiger partial charge in [-0.25, -0.2) is 0 Å². The first-order valence-electron chi connectivity index (χ1n) is 9.80. The van der Waals surface area contributed by atoms with Gasteiger partial charge in [-0.2, -0.15) is 0 Å². The lowest BCUT2D eigenvalue weighted by Crippen LogP contribution is -2.42. The average Bonchev–Trinajstić information content (AvgIpc) is 3.28. The first kappa shape index (κ1) is 22.2. The van der Waals surface area contributed by atoms with E-state index in [0.717, 1.165) is 22.3 Å². The third-order valence-electron chi connectivity index (χ3n) is 5.06. The Kier molecular flexibility index (Phi) is 7.20. The van der Waals surface area contributed by atoms with Crippen LogP contribution in [0.2, 0.25) is 0 Å². The number of amides is 1. The smallest absolute Gasteiger partial charge is 0.311 e. The zero-order chi connectivity index (χ0) is 22.4. The number of carbonyl (C=O) groups excluding carboxylic acids is 2. The second-order valence-corrected chi connectivity index (χ2v) is 8.17. The Morgan fingerprint density at radius 1 is 1.19 bits per heavy atom. The van der Waals surface area contributed by atoms with Crippen molar-refractivity contribution in [3.63, 3.8) is 0 Å². The molecule has 0 saturated heterocycles. The van der Waals surface area contributed by atoms with Crippen LogP contribution in [-0.4, -0.2) is 30.0 Å². The number of hydrogen-bond acceptors (Lipinski definition) is 6. The molecule has 0 radical (unpaired) electrons. The minimum Gasteiger partial charge on any atom is -0.469 e. The molecule has 1 amide bonds. The zero-order valence-corrected chi connectivity index (χ0v) is 18.3. The lowest BCUT2D eigenvalue weighted by Gasteiger charge is -2.23. The van der Waals surface area contributed by atoms with Crippen LogP contribution in [0.15, 0.2) is 66.8 Å². The lowest BCUT2D eigenvalue weighted by molar-refractivity contribution is -0.146. The number of hydrogen-bond donors (Lipinski definition) is 2. The lowest BCUT2D eigenvalue weighted by atomic mass is 9.92. The van der Waals surface area contributed by atoms with Crippen molar-refractivity contribution in [2.75, 3.05) is 7.11 Å². The van der Waals surface area contributed by atoms with Crippen LogP contribution < -0.4 is 11.1 Å². The summed E-state index contributed by atoms with van der Waals surface area (Å²) in [6.07, 6.45) is 3.83. The first-order valence-corrected chi connectivity index (χ1v) is 10.7. The monoisotopic (exact) mass is 435 g/mol. The Labute approximate surface area is 185 Å². The summed E-state index contributed by atoms with van der Waals surface area (Å²) in [7, 11) is 1.35. The minimum absolute atomic E-state index is 0.226. The van der Waals surface area contributed by atoms with Gasteiger partial charge in [0.25, 0.3) is 5.91 Å². The van der Waals surface area contributed by atoms with E-state index in [2.05, 4.69) is 16.9 Å². The highest BCUT2D eigenvalue weighted by atomic mass is 32.1. The van der Waals surface area contributed by atoms with Crippen molar-refractivity contribution in [3.05, 3.63) is 82.8 Å². The number of rotatable bonds is 8. The summed E-state index contributed by atoms with van der Waals surface area (Å²) in [5.74, 6) is -1.15. The molecule has 0 aliphatic rings. The summed E-state index contributed by atoms with van der Waals surface area (Å²) < 4.78 is 5.00. The van der Waals surface area contributed by atoms with Gasteiger partial charge in [0.2, 0.25) is 0 Å². The molecule has 3 N–H and O–H groups in total. The van der Waals surface area contributed by atoms with E-state index in [-0.39, 0.29) is 11.9 Å². The first-order chi connectivity index (χ1) is 14.9. The zero-order valence-electron chi connectivity index (χ0n) is 17.5. The van der Waals surface area contributed by atoms with Crippen molar-refractivity contribution in [3.8, 4) is 11.1 Å². The predicted molar refractivity (Wildman–Crippen MR) is 123 cm³/mol. The van der Waals surface area contributed by atoms with Gasteiger partial charge < -0.3 is 15.8 Å². The normalized spacial score (nSPS) is 12.6. The van der Waals surface area contributed by atoms with E-state index in [4.69, 9.17) is 10.5 Å². The molecule has 160 valence electrons. The van der Waals surface area contributed by atoms with Crippen LogP contribution in [0.3, 0.4) is 0 Å². The maximum absolute atomic E-state index is 12.8. The Morgan fingerprint density at radius 3 is 2.61 bits per heavy atom. The Hall–Kier alpha value is -3.45. The van der Waals surface area contributed by atoms with Gasteiger partial charge in [-0.05, 0) is 65.2 Å². The van der Waals surface area contributed by atoms with E-state index < -0.39 is 12.0 Å². The number of benzene rings is 1. The van der Waals surface area contributed by atoms with E-state index in [9.17, 15) is 9.59 Å². The Balaban J connectivity index is 1.73. The van der Waals surface area contributed by atoms with Crippen LogP contribution in [0.5, 0.6) is 0 Å². The number of methoxy groups -OCH3 is 1. The second-order valence-electron chi connectivity index (χ2n) is 7.26. The SMILES string of the molecule is C=C(N)c1cccc(CC(C(=O)OC)C(C)NC(=O)c2cc(-c3ccncc3)cs2)c1. The second kappa shape index (κ2) is 10.0. The van der Waals surface area contributed by atoms with E-state index >= 15 is 0 Å². The molecule has 2 heterocycles. The number of thiophene rings is 1. The van der Waals surface area contributed by atoms with Gasteiger partial charge in [0.15, 0.2) is 0 Å². The number of esters is 1. The molecule has 0 bridgehead atoms. The predicted octanol–water partition coefficient (Wildman–Crippen LogP) is 3.89. The third kappa shape index (κ3) is 5.58. The van der Waals surface area contributed by atoms with Gasteiger partial charge in [-0.3, -0.25) is 14.6 Å². The fourth-order valence-electron chi connectivity index (χ4n) is 3.30. The van der Waals surface area contributed by atoms with Crippen molar-refractivity contribution < 1.29 is 14.3 Å². The molecule has 2 aromatic heterocycles. The van der Waals surface area contributed by atoms with Gasteiger partial charge in [-0.1, -0.05) is 24.8 Å². The van der Waals surface area contributed by atoms with Crippen LogP contribution in [0.1, 0.15) is 27.7 Å². The highest BCUT2D eigenvalue weighted by Gasteiger charge is 2.28. The number of nitrogens with zero attached hydrogens (tertiary/aromatic N) is 1. The molecule has 0 spiro atoms. The van der Waals surface area contributed by atoms with Crippen LogP contribution in [0.4, 0.5) is 0 Å². The summed E-state index contributed by atoms with van der Waals surface area (Å²) in [5.41, 5.74) is 9.91. The summed E-state index contributed by atoms with van der Waals surface area (Å²) in [4.78, 5) is 29.9. The van der Waals surface area contributed by atoms with Crippen molar-refractivity contribution >= 4 is 28.9 Å². The molecule has 0 fully saturated rings. The largest absolute Gasteiger partial charge is 0.469 e. The van der Waals surface area contributed by atoms with Crippen LogP contribution in [0.25, 0.3) is 16.8 Å². The number of carbonyl (C=O) groups is 2. The molecule has 2 unspecified atom stereocenters. The molecular formula is C24H25N3O3S. The molecule has 6 nitrogen and oxygen atoms in total. The summed E-state index contributed by atoms with van der Waals surface area (Å²) in [6.45, 7) is 5.56. The number of ether oxygens (including phenoxy) is 1. The third-order valence-corrected chi connectivity index (χ3v) is 5.99. The summed E-state index contributed by atoms with van der Waals surface area (Å²) >= 11 is 1.36. The van der Waals surface area contributed by atoms with Crippen LogP contribution in [-0.2, 0) is 16.0 Å². The molecule has 31 heavy (non-hydrogen) atoms. The molecule has 3 aromatic rings. The van der Waals surface area contributed by atoms with E-state index in [1.54, 1.807) is 12.4 Å². The van der Waals surface area contributed by atoms with E-state index in [0.29, 0.717) is 17.0 Å². The fourth-order valence-corrected chi connectivity index (χ4v) is 4.12. The highest BCUT2D eigenvalue weighted by Crippen LogP contribution is 2.25. The van der Waals surface area contributed by atoms with Crippen molar-refractivity contribution in [2.45, 2.75) is 19.4 Å². The molecule has 7 heteroatoms. The minimum atomic E-state index is -0.546.